The van der Waals surface area contributed by atoms with Crippen molar-refractivity contribution in [3.05, 3.63) is 199 Å². The van der Waals surface area contributed by atoms with E-state index < -0.39 is 0 Å². The third-order valence-electron chi connectivity index (χ3n) is 9.04. The smallest absolute Gasteiger partial charge is 0.0718 e. The summed E-state index contributed by atoms with van der Waals surface area (Å²) in [6.07, 6.45) is 10.3. The van der Waals surface area contributed by atoms with Crippen LogP contribution in [0.25, 0.3) is 59.9 Å². The van der Waals surface area contributed by atoms with Crippen LogP contribution in [-0.2, 0) is 0 Å². The van der Waals surface area contributed by atoms with Gasteiger partial charge in [0.1, 0.15) is 0 Å². The number of fused-ring (bicyclic) bond motifs is 6. The van der Waals surface area contributed by atoms with Gasteiger partial charge in [0.15, 0.2) is 0 Å². The first kappa shape index (κ1) is 30.6. The van der Waals surface area contributed by atoms with Crippen LogP contribution in [0.3, 0.4) is 0 Å². The summed E-state index contributed by atoms with van der Waals surface area (Å²) in [5, 5.41) is 9.74. The van der Waals surface area contributed by atoms with Crippen LogP contribution in [0.2, 0.25) is 0 Å². The first-order valence-electron chi connectivity index (χ1n) is 16.4. The van der Waals surface area contributed by atoms with E-state index in [1.807, 2.05) is 31.2 Å². The van der Waals surface area contributed by atoms with Gasteiger partial charge in [0.2, 0.25) is 0 Å². The number of hydrogen-bond acceptors (Lipinski definition) is 1. The second kappa shape index (κ2) is 13.4. The second-order valence-electron chi connectivity index (χ2n) is 12.1. The van der Waals surface area contributed by atoms with E-state index in [9.17, 15) is 0 Å². The van der Waals surface area contributed by atoms with Gasteiger partial charge >= 0.3 is 0 Å². The van der Waals surface area contributed by atoms with Crippen LogP contribution in [0.15, 0.2) is 182 Å². The average molecular weight is 616 g/mol. The minimum atomic E-state index is 0.705. The maximum absolute atomic E-state index is 5.32. The van der Waals surface area contributed by atoms with Gasteiger partial charge in [-0.2, -0.15) is 0 Å². The first-order valence-corrected chi connectivity index (χ1v) is 16.4. The van der Waals surface area contributed by atoms with E-state index in [1.165, 1.54) is 43.3 Å². The van der Waals surface area contributed by atoms with E-state index in [0.29, 0.717) is 5.70 Å². The molecule has 0 fully saturated rings. The molecule has 1 nitrogen and oxygen atoms in total. The van der Waals surface area contributed by atoms with Crippen molar-refractivity contribution in [3.63, 3.8) is 0 Å². The number of hydrogen-bond donors (Lipinski definition) is 0. The monoisotopic (exact) mass is 615 g/mol. The fourth-order valence-corrected chi connectivity index (χ4v) is 6.57. The summed E-state index contributed by atoms with van der Waals surface area (Å²) >= 11 is 0. The van der Waals surface area contributed by atoms with Gasteiger partial charge in [0.25, 0.3) is 0 Å². The molecule has 7 aromatic rings. The molecular formula is C47H37N. The summed E-state index contributed by atoms with van der Waals surface area (Å²) in [6.45, 7) is 12.9. The summed E-state index contributed by atoms with van der Waals surface area (Å²) < 4.78 is 0. The average Bonchev–Trinajstić information content (AvgIpc) is 3.14. The Bertz CT molecular complexity index is 2480. The van der Waals surface area contributed by atoms with Crippen molar-refractivity contribution >= 4 is 65.6 Å². The molecule has 0 aliphatic carbocycles. The minimum Gasteiger partial charge on any atom is -0.248 e. The summed E-state index contributed by atoms with van der Waals surface area (Å²) in [7, 11) is 0. The van der Waals surface area contributed by atoms with Crippen molar-refractivity contribution in [2.45, 2.75) is 13.8 Å². The molecule has 0 aliphatic heterocycles. The van der Waals surface area contributed by atoms with Gasteiger partial charge in [0.05, 0.1) is 11.4 Å². The quantitative estimate of drug-likeness (QED) is 0.0916. The second-order valence-corrected chi connectivity index (χ2v) is 12.1. The molecule has 0 N–H and O–H groups in total. The summed E-state index contributed by atoms with van der Waals surface area (Å²) in [6, 6.07) is 47.4. The van der Waals surface area contributed by atoms with Gasteiger partial charge in [-0.15, -0.1) is 0 Å². The molecule has 0 unspecified atom stereocenters. The molecule has 48 heavy (non-hydrogen) atoms. The number of aliphatic imine (C=N–C) groups is 1. The van der Waals surface area contributed by atoms with E-state index in [4.69, 9.17) is 4.99 Å². The first-order chi connectivity index (χ1) is 23.5. The zero-order valence-electron chi connectivity index (χ0n) is 27.4. The highest BCUT2D eigenvalue weighted by Gasteiger charge is 2.14. The SMILES string of the molecule is C=C(/C=C\C=C/C)c1ccc(C(=C)N=C(/C=C(\C)c2cc3ccccc3c3ccccc23)c2cc3ccccc3c3ccccc23)cc1. The normalized spacial score (nSPS) is 12.6. The van der Waals surface area contributed by atoms with Crippen molar-refractivity contribution in [1.29, 1.82) is 0 Å². The number of allylic oxidation sites excluding steroid dienone is 7. The molecule has 0 saturated heterocycles. The standard InChI is InChI=1S/C47H37N/c1-5-6-7-16-32(2)35-25-27-36(28-26-35)34(4)48-47(46-31-38-18-9-11-20-40(38)42-22-13-15-24-44(42)46)29-33(3)45-30-37-17-8-10-19-39(37)41-21-12-14-23-43(41)45/h5-31H,2,4H2,1,3H3/b6-5-,16-7-,33-29+,48-47?. The highest BCUT2D eigenvalue weighted by molar-refractivity contribution is 6.25. The van der Waals surface area contributed by atoms with E-state index in [2.05, 4.69) is 160 Å². The topological polar surface area (TPSA) is 12.4 Å². The molecule has 0 bridgehead atoms. The Hall–Kier alpha value is -6.05. The molecule has 0 radical (unpaired) electrons. The minimum absolute atomic E-state index is 0.705. The summed E-state index contributed by atoms with van der Waals surface area (Å²) in [5.74, 6) is 0. The lowest BCUT2D eigenvalue weighted by Crippen LogP contribution is -2.01. The van der Waals surface area contributed by atoms with E-state index in [1.54, 1.807) is 0 Å². The predicted molar refractivity (Wildman–Crippen MR) is 212 cm³/mol. The maximum Gasteiger partial charge on any atom is 0.0718 e. The Morgan fingerprint density at radius 1 is 0.542 bits per heavy atom. The van der Waals surface area contributed by atoms with Gasteiger partial charge in [0, 0.05) is 5.56 Å². The molecule has 0 amide bonds. The summed E-state index contributed by atoms with van der Waals surface area (Å²) in [5.41, 5.74) is 7.98. The summed E-state index contributed by atoms with van der Waals surface area (Å²) in [4.78, 5) is 5.32. The lowest BCUT2D eigenvalue weighted by molar-refractivity contribution is 1.49. The predicted octanol–water partition coefficient (Wildman–Crippen LogP) is 13.0. The van der Waals surface area contributed by atoms with Crippen LogP contribution in [0.1, 0.15) is 36.1 Å². The maximum atomic E-state index is 5.32. The molecule has 0 saturated carbocycles. The molecule has 1 heteroatoms. The van der Waals surface area contributed by atoms with Crippen LogP contribution in [0.4, 0.5) is 0 Å². The lowest BCUT2D eigenvalue weighted by atomic mass is 9.91. The van der Waals surface area contributed by atoms with Crippen LogP contribution >= 0.6 is 0 Å². The van der Waals surface area contributed by atoms with Gasteiger partial charge in [-0.3, -0.25) is 0 Å². The molecule has 0 aromatic heterocycles. The van der Waals surface area contributed by atoms with Crippen molar-refractivity contribution in [2.75, 3.05) is 0 Å². The van der Waals surface area contributed by atoms with E-state index >= 15 is 0 Å². The number of benzene rings is 7. The molecular weight excluding hydrogens is 579 g/mol. The van der Waals surface area contributed by atoms with Crippen molar-refractivity contribution < 1.29 is 0 Å². The fourth-order valence-electron chi connectivity index (χ4n) is 6.57. The Balaban J connectivity index is 1.41. The molecule has 0 spiro atoms. The molecule has 7 aromatic carbocycles. The number of nitrogens with zero attached hydrogens (tertiary/aromatic N) is 1. The highest BCUT2D eigenvalue weighted by Crippen LogP contribution is 2.35. The van der Waals surface area contributed by atoms with Gasteiger partial charge in [-0.05, 0) is 103 Å². The van der Waals surface area contributed by atoms with Crippen molar-refractivity contribution in [1.82, 2.24) is 0 Å². The zero-order chi connectivity index (χ0) is 33.0. The van der Waals surface area contributed by atoms with Gasteiger partial charge < -0.3 is 0 Å². The Morgan fingerprint density at radius 2 is 1.02 bits per heavy atom. The largest absolute Gasteiger partial charge is 0.248 e. The van der Waals surface area contributed by atoms with Gasteiger partial charge in [-0.25, -0.2) is 4.99 Å². The van der Waals surface area contributed by atoms with E-state index in [0.717, 1.165) is 38.9 Å². The van der Waals surface area contributed by atoms with Crippen molar-refractivity contribution in [3.8, 4) is 0 Å². The highest BCUT2D eigenvalue weighted by atomic mass is 14.8. The Morgan fingerprint density at radius 3 is 1.60 bits per heavy atom. The molecule has 0 atom stereocenters. The van der Waals surface area contributed by atoms with Crippen molar-refractivity contribution in [2.24, 2.45) is 4.99 Å². The molecule has 0 heterocycles. The zero-order valence-corrected chi connectivity index (χ0v) is 27.4. The lowest BCUT2D eigenvalue weighted by Gasteiger charge is -2.15. The third kappa shape index (κ3) is 5.95. The Labute approximate surface area is 282 Å². The van der Waals surface area contributed by atoms with Crippen LogP contribution < -0.4 is 0 Å². The third-order valence-corrected chi connectivity index (χ3v) is 9.04. The molecule has 230 valence electrons. The van der Waals surface area contributed by atoms with Crippen LogP contribution in [0.5, 0.6) is 0 Å². The van der Waals surface area contributed by atoms with Gasteiger partial charge in [-0.1, -0.05) is 159 Å². The van der Waals surface area contributed by atoms with E-state index in [-0.39, 0.29) is 0 Å². The fraction of sp³-hybridized carbons (Fsp3) is 0.0426. The van der Waals surface area contributed by atoms with Crippen LogP contribution in [0, 0.1) is 0 Å². The number of rotatable bonds is 8. The molecule has 0 aliphatic rings. The van der Waals surface area contributed by atoms with Crippen LogP contribution in [-0.4, -0.2) is 5.71 Å². The Kier molecular flexibility index (Phi) is 8.51. The molecule has 7 rings (SSSR count).